The summed E-state index contributed by atoms with van der Waals surface area (Å²) in [6.07, 6.45) is 1.03. The van der Waals surface area contributed by atoms with Gasteiger partial charge >= 0.3 is 5.69 Å². The van der Waals surface area contributed by atoms with Crippen molar-refractivity contribution in [2.75, 3.05) is 29.9 Å². The molecule has 3 amide bonds. The number of nitrogens with zero attached hydrogens (tertiary/aromatic N) is 3. The molecular weight excluding hydrogens is 443 g/mol. The van der Waals surface area contributed by atoms with E-state index in [1.54, 1.807) is 9.80 Å². The number of piperidine rings is 1. The second-order valence-corrected chi connectivity index (χ2v) is 8.75. The lowest BCUT2D eigenvalue weighted by atomic mass is 9.94. The molecular formula is C24H25FN4O5. The van der Waals surface area contributed by atoms with Gasteiger partial charge in [-0.05, 0) is 44.0 Å². The second kappa shape index (κ2) is 9.58. The standard InChI is InChI=1S/C24H25FN4O5/c1-15-2-5-19(6-3-15)28-14-17(12-22(28)30)24(32)27-10-8-16(9-11-27)23(31)26-18-4-7-20(25)21(13-18)29(33)34/h2-7,13,16-17H,8-12,14H2,1H3,(H,26,31)/t17-/m0/s1. The van der Waals surface area contributed by atoms with Crippen LogP contribution in [0.3, 0.4) is 0 Å². The second-order valence-electron chi connectivity index (χ2n) is 8.75. The van der Waals surface area contributed by atoms with Gasteiger partial charge in [0.1, 0.15) is 0 Å². The summed E-state index contributed by atoms with van der Waals surface area (Å²) in [6, 6.07) is 10.8. The average molecular weight is 468 g/mol. The number of anilines is 2. The van der Waals surface area contributed by atoms with Crippen molar-refractivity contribution in [3.05, 3.63) is 64.0 Å². The van der Waals surface area contributed by atoms with Gasteiger partial charge in [-0.1, -0.05) is 17.7 Å². The molecule has 1 atom stereocenters. The number of nitro benzene ring substituents is 1. The number of benzene rings is 2. The molecule has 2 aromatic rings. The number of hydrogen-bond acceptors (Lipinski definition) is 5. The molecule has 10 heteroatoms. The van der Waals surface area contributed by atoms with Gasteiger partial charge in [0.25, 0.3) is 0 Å². The summed E-state index contributed by atoms with van der Waals surface area (Å²) in [5.41, 5.74) is 1.32. The van der Waals surface area contributed by atoms with Gasteiger partial charge in [-0.25, -0.2) is 0 Å². The predicted octanol–water partition coefficient (Wildman–Crippen LogP) is 3.27. The quantitative estimate of drug-likeness (QED) is 0.535. The van der Waals surface area contributed by atoms with Crippen LogP contribution in [0, 0.1) is 34.7 Å². The number of amides is 3. The lowest BCUT2D eigenvalue weighted by Crippen LogP contribution is -2.44. The van der Waals surface area contributed by atoms with Gasteiger partial charge in [0.2, 0.25) is 23.5 Å². The van der Waals surface area contributed by atoms with Crippen LogP contribution >= 0.6 is 0 Å². The molecule has 0 bridgehead atoms. The van der Waals surface area contributed by atoms with Gasteiger partial charge in [-0.2, -0.15) is 4.39 Å². The first-order valence-corrected chi connectivity index (χ1v) is 11.1. The maximum absolute atomic E-state index is 13.5. The van der Waals surface area contributed by atoms with Crippen LogP contribution in [0.25, 0.3) is 0 Å². The highest BCUT2D eigenvalue weighted by molar-refractivity contribution is 6.00. The summed E-state index contributed by atoms with van der Waals surface area (Å²) in [6.45, 7) is 3.07. The molecule has 2 aliphatic heterocycles. The maximum atomic E-state index is 13.5. The third kappa shape index (κ3) is 4.90. The number of carbonyl (C=O) groups is 3. The molecule has 2 aliphatic rings. The lowest BCUT2D eigenvalue weighted by Gasteiger charge is -2.33. The number of nitro groups is 1. The Balaban J connectivity index is 1.31. The fraction of sp³-hybridized carbons (Fsp3) is 0.375. The first kappa shape index (κ1) is 23.3. The highest BCUT2D eigenvalue weighted by atomic mass is 19.1. The van der Waals surface area contributed by atoms with Crippen LogP contribution in [0.5, 0.6) is 0 Å². The summed E-state index contributed by atoms with van der Waals surface area (Å²) in [7, 11) is 0. The van der Waals surface area contributed by atoms with E-state index in [0.29, 0.717) is 32.5 Å². The fourth-order valence-corrected chi connectivity index (χ4v) is 4.44. The lowest BCUT2D eigenvalue weighted by molar-refractivity contribution is -0.387. The number of carbonyl (C=O) groups excluding carboxylic acids is 3. The van der Waals surface area contributed by atoms with Crippen LogP contribution in [-0.2, 0) is 14.4 Å². The summed E-state index contributed by atoms with van der Waals surface area (Å²) >= 11 is 0. The summed E-state index contributed by atoms with van der Waals surface area (Å²) in [5.74, 6) is -2.25. The Bertz CT molecular complexity index is 1130. The number of nitrogens with one attached hydrogen (secondary N) is 1. The molecule has 34 heavy (non-hydrogen) atoms. The van der Waals surface area contributed by atoms with E-state index in [9.17, 15) is 28.9 Å². The molecule has 0 aliphatic carbocycles. The largest absolute Gasteiger partial charge is 0.342 e. The molecule has 0 unspecified atom stereocenters. The van der Waals surface area contributed by atoms with E-state index in [2.05, 4.69) is 5.32 Å². The van der Waals surface area contributed by atoms with Crippen LogP contribution in [0.1, 0.15) is 24.8 Å². The van der Waals surface area contributed by atoms with Crippen molar-refractivity contribution in [1.82, 2.24) is 4.90 Å². The number of aryl methyl sites for hydroxylation is 1. The topological polar surface area (TPSA) is 113 Å². The van der Waals surface area contributed by atoms with E-state index < -0.39 is 22.3 Å². The highest BCUT2D eigenvalue weighted by Gasteiger charge is 2.38. The summed E-state index contributed by atoms with van der Waals surface area (Å²) in [4.78, 5) is 51.5. The first-order chi connectivity index (χ1) is 16.2. The highest BCUT2D eigenvalue weighted by Crippen LogP contribution is 2.29. The van der Waals surface area contributed by atoms with Crippen molar-refractivity contribution in [3.63, 3.8) is 0 Å². The Morgan fingerprint density at radius 3 is 2.41 bits per heavy atom. The number of halogens is 1. The van der Waals surface area contributed by atoms with Gasteiger partial charge in [0.15, 0.2) is 0 Å². The minimum absolute atomic E-state index is 0.0788. The van der Waals surface area contributed by atoms with Gasteiger partial charge in [0.05, 0.1) is 10.8 Å². The maximum Gasteiger partial charge on any atom is 0.306 e. The van der Waals surface area contributed by atoms with Crippen molar-refractivity contribution < 1.29 is 23.7 Å². The minimum atomic E-state index is -0.971. The Morgan fingerprint density at radius 1 is 1.09 bits per heavy atom. The van der Waals surface area contributed by atoms with Crippen LogP contribution in [0.4, 0.5) is 21.5 Å². The van der Waals surface area contributed by atoms with Crippen LogP contribution in [0.15, 0.2) is 42.5 Å². The van der Waals surface area contributed by atoms with Crippen LogP contribution < -0.4 is 10.2 Å². The molecule has 0 spiro atoms. The van der Waals surface area contributed by atoms with E-state index in [4.69, 9.17) is 0 Å². The van der Waals surface area contributed by atoms with E-state index >= 15 is 0 Å². The molecule has 0 saturated carbocycles. The minimum Gasteiger partial charge on any atom is -0.342 e. The first-order valence-electron chi connectivity index (χ1n) is 11.1. The molecule has 0 aromatic heterocycles. The Kier molecular flexibility index (Phi) is 6.58. The van der Waals surface area contributed by atoms with Gasteiger partial charge in [0, 0.05) is 49.4 Å². The van der Waals surface area contributed by atoms with Crippen molar-refractivity contribution in [2.24, 2.45) is 11.8 Å². The average Bonchev–Trinajstić information content (AvgIpc) is 3.21. The Labute approximate surface area is 195 Å². The van der Waals surface area contributed by atoms with Gasteiger partial charge < -0.3 is 15.1 Å². The third-order valence-corrected chi connectivity index (χ3v) is 6.41. The van der Waals surface area contributed by atoms with E-state index in [0.717, 1.165) is 23.4 Å². The smallest absolute Gasteiger partial charge is 0.306 e. The molecule has 2 saturated heterocycles. The zero-order valence-electron chi connectivity index (χ0n) is 18.7. The van der Waals surface area contributed by atoms with Crippen molar-refractivity contribution in [3.8, 4) is 0 Å². The molecule has 1 N–H and O–H groups in total. The molecule has 9 nitrogen and oxygen atoms in total. The van der Waals surface area contributed by atoms with Gasteiger partial charge in [-0.15, -0.1) is 0 Å². The molecule has 178 valence electrons. The van der Waals surface area contributed by atoms with Crippen molar-refractivity contribution >= 4 is 34.8 Å². The van der Waals surface area contributed by atoms with E-state index in [1.807, 2.05) is 31.2 Å². The Morgan fingerprint density at radius 2 is 1.76 bits per heavy atom. The number of likely N-dealkylation sites (tertiary alicyclic amines) is 1. The fourth-order valence-electron chi connectivity index (χ4n) is 4.44. The van der Waals surface area contributed by atoms with Crippen molar-refractivity contribution in [1.29, 1.82) is 0 Å². The van der Waals surface area contributed by atoms with E-state index in [1.165, 1.54) is 6.07 Å². The molecule has 2 fully saturated rings. The van der Waals surface area contributed by atoms with E-state index in [-0.39, 0.29) is 35.7 Å². The number of hydrogen-bond donors (Lipinski definition) is 1. The van der Waals surface area contributed by atoms with Crippen LogP contribution in [-0.4, -0.2) is 47.2 Å². The van der Waals surface area contributed by atoms with Gasteiger partial charge in [-0.3, -0.25) is 24.5 Å². The molecule has 0 radical (unpaired) electrons. The normalized spacial score (nSPS) is 18.8. The SMILES string of the molecule is Cc1ccc(N2C[C@@H](C(=O)N3CCC(C(=O)Nc4ccc(F)c([N+](=O)[O-])c4)CC3)CC2=O)cc1. The Hall–Kier alpha value is -3.82. The zero-order chi connectivity index (χ0) is 24.4. The predicted molar refractivity (Wildman–Crippen MR) is 123 cm³/mol. The zero-order valence-corrected chi connectivity index (χ0v) is 18.7. The third-order valence-electron chi connectivity index (χ3n) is 6.41. The molecule has 2 aromatic carbocycles. The number of rotatable bonds is 5. The monoisotopic (exact) mass is 468 g/mol. The summed E-state index contributed by atoms with van der Waals surface area (Å²) < 4.78 is 13.5. The summed E-state index contributed by atoms with van der Waals surface area (Å²) in [5, 5.41) is 13.5. The molecule has 2 heterocycles. The molecule has 4 rings (SSSR count). The van der Waals surface area contributed by atoms with Crippen LogP contribution in [0.2, 0.25) is 0 Å². The van der Waals surface area contributed by atoms with Crippen molar-refractivity contribution in [2.45, 2.75) is 26.2 Å².